The van der Waals surface area contributed by atoms with E-state index in [1.54, 1.807) is 6.20 Å². The van der Waals surface area contributed by atoms with Crippen LogP contribution in [0.5, 0.6) is 0 Å². The predicted molar refractivity (Wildman–Crippen MR) is 100.0 cm³/mol. The third kappa shape index (κ3) is 3.60. The van der Waals surface area contributed by atoms with E-state index in [4.69, 9.17) is 0 Å². The molecule has 25 heavy (non-hydrogen) atoms. The predicted octanol–water partition coefficient (Wildman–Crippen LogP) is 3.88. The van der Waals surface area contributed by atoms with E-state index < -0.39 is 0 Å². The van der Waals surface area contributed by atoms with Crippen LogP contribution in [0, 0.1) is 0 Å². The van der Waals surface area contributed by atoms with Crippen LogP contribution in [0.3, 0.4) is 0 Å². The van der Waals surface area contributed by atoms with Gasteiger partial charge in [0.25, 0.3) is 0 Å². The average molecular weight is 336 g/mol. The molecule has 5 heteroatoms. The van der Waals surface area contributed by atoms with Crippen LogP contribution < -0.4 is 15.5 Å². The van der Waals surface area contributed by atoms with Gasteiger partial charge in [0.05, 0.1) is 17.9 Å². The van der Waals surface area contributed by atoms with Gasteiger partial charge in [0.15, 0.2) is 0 Å². The summed E-state index contributed by atoms with van der Waals surface area (Å²) in [5.74, 6) is 0.990. The first-order valence-corrected chi connectivity index (χ1v) is 9.16. The second kappa shape index (κ2) is 7.13. The van der Waals surface area contributed by atoms with E-state index in [2.05, 4.69) is 38.7 Å². The first-order valence-electron chi connectivity index (χ1n) is 9.16. The van der Waals surface area contributed by atoms with Gasteiger partial charge in [0.1, 0.15) is 5.82 Å². The van der Waals surface area contributed by atoms with Gasteiger partial charge < -0.3 is 15.5 Å². The second-order valence-corrected chi connectivity index (χ2v) is 6.84. The molecule has 4 rings (SSSR count). The fraction of sp³-hybridized carbons (Fsp3) is 0.400. The number of pyridine rings is 1. The number of hydrogen-bond acceptors (Lipinski definition) is 3. The molecule has 0 spiro atoms. The number of nitrogens with one attached hydrogen (secondary N) is 2. The van der Waals surface area contributed by atoms with Crippen molar-refractivity contribution < 1.29 is 4.79 Å². The molecule has 1 atom stereocenters. The molecule has 0 bridgehead atoms. The molecule has 1 aromatic carbocycles. The maximum Gasteiger partial charge on any atom is 0.319 e. The summed E-state index contributed by atoms with van der Waals surface area (Å²) >= 11 is 0. The standard InChI is InChI=1S/C20H24N4O/c25-20(23-18-9-5-7-15-6-1-2-8-17(15)18)22-16-10-11-19(21-14-16)24-12-3-4-13-24/h1-2,6,8,10-11,14,18H,3-5,7,9,12-13H2,(H2,22,23,25)/t18-/m1/s1. The molecule has 0 unspecified atom stereocenters. The summed E-state index contributed by atoms with van der Waals surface area (Å²) in [7, 11) is 0. The quantitative estimate of drug-likeness (QED) is 0.894. The third-order valence-corrected chi connectivity index (χ3v) is 5.11. The molecule has 0 radical (unpaired) electrons. The topological polar surface area (TPSA) is 57.3 Å². The fourth-order valence-corrected chi connectivity index (χ4v) is 3.82. The summed E-state index contributed by atoms with van der Waals surface area (Å²) in [6.45, 7) is 2.14. The highest BCUT2D eigenvalue weighted by Crippen LogP contribution is 2.29. The van der Waals surface area contributed by atoms with Crippen molar-refractivity contribution in [3.63, 3.8) is 0 Å². The number of amides is 2. The van der Waals surface area contributed by atoms with Gasteiger partial charge in [-0.15, -0.1) is 0 Å². The van der Waals surface area contributed by atoms with Crippen molar-refractivity contribution in [2.75, 3.05) is 23.3 Å². The zero-order valence-corrected chi connectivity index (χ0v) is 14.4. The lowest BCUT2D eigenvalue weighted by Gasteiger charge is -2.26. The number of rotatable bonds is 3. The maximum atomic E-state index is 12.4. The molecule has 1 fully saturated rings. The number of anilines is 2. The number of nitrogens with zero attached hydrogens (tertiary/aromatic N) is 2. The Kier molecular flexibility index (Phi) is 4.55. The van der Waals surface area contributed by atoms with Crippen molar-refractivity contribution >= 4 is 17.5 Å². The molecule has 2 aliphatic rings. The van der Waals surface area contributed by atoms with Gasteiger partial charge in [0, 0.05) is 13.1 Å². The third-order valence-electron chi connectivity index (χ3n) is 5.11. The van der Waals surface area contributed by atoms with E-state index in [-0.39, 0.29) is 12.1 Å². The zero-order valence-electron chi connectivity index (χ0n) is 14.4. The number of aryl methyl sites for hydroxylation is 1. The van der Waals surface area contributed by atoms with Crippen LogP contribution >= 0.6 is 0 Å². The molecule has 2 amide bonds. The van der Waals surface area contributed by atoms with Crippen molar-refractivity contribution in [3.05, 3.63) is 53.7 Å². The van der Waals surface area contributed by atoms with Crippen LogP contribution in [-0.4, -0.2) is 24.1 Å². The monoisotopic (exact) mass is 336 g/mol. The van der Waals surface area contributed by atoms with Gasteiger partial charge in [-0.05, 0) is 55.4 Å². The van der Waals surface area contributed by atoms with Crippen molar-refractivity contribution in [1.29, 1.82) is 0 Å². The molecule has 2 aromatic rings. The van der Waals surface area contributed by atoms with Crippen LogP contribution in [0.25, 0.3) is 0 Å². The molecule has 2 heterocycles. The lowest BCUT2D eigenvalue weighted by Crippen LogP contribution is -2.34. The molecular weight excluding hydrogens is 312 g/mol. The van der Waals surface area contributed by atoms with Crippen LogP contribution in [-0.2, 0) is 6.42 Å². The Morgan fingerprint density at radius 3 is 2.72 bits per heavy atom. The van der Waals surface area contributed by atoms with E-state index in [0.717, 1.165) is 43.9 Å². The summed E-state index contributed by atoms with van der Waals surface area (Å²) in [4.78, 5) is 19.1. The highest BCUT2D eigenvalue weighted by Gasteiger charge is 2.21. The number of benzene rings is 1. The fourth-order valence-electron chi connectivity index (χ4n) is 3.82. The van der Waals surface area contributed by atoms with Gasteiger partial charge >= 0.3 is 6.03 Å². The van der Waals surface area contributed by atoms with Gasteiger partial charge in [0.2, 0.25) is 0 Å². The van der Waals surface area contributed by atoms with E-state index in [1.807, 2.05) is 18.2 Å². The molecule has 0 saturated carbocycles. The Balaban J connectivity index is 1.38. The van der Waals surface area contributed by atoms with Crippen LogP contribution in [0.2, 0.25) is 0 Å². The molecule has 130 valence electrons. The number of fused-ring (bicyclic) bond motifs is 1. The Hall–Kier alpha value is -2.56. The average Bonchev–Trinajstić information content (AvgIpc) is 3.17. The Bertz CT molecular complexity index is 738. The number of urea groups is 1. The van der Waals surface area contributed by atoms with Gasteiger partial charge in [-0.25, -0.2) is 9.78 Å². The zero-order chi connectivity index (χ0) is 17.1. The summed E-state index contributed by atoms with van der Waals surface area (Å²) in [5, 5.41) is 6.01. The maximum absolute atomic E-state index is 12.4. The lowest BCUT2D eigenvalue weighted by atomic mass is 9.88. The summed E-state index contributed by atoms with van der Waals surface area (Å²) in [6, 6.07) is 12.2. The Labute approximate surface area is 148 Å². The molecule has 5 nitrogen and oxygen atoms in total. The minimum absolute atomic E-state index is 0.0850. The molecule has 2 N–H and O–H groups in total. The molecule has 1 aliphatic heterocycles. The second-order valence-electron chi connectivity index (χ2n) is 6.84. The van der Waals surface area contributed by atoms with Gasteiger partial charge in [-0.2, -0.15) is 0 Å². The number of aromatic nitrogens is 1. The van der Waals surface area contributed by atoms with Crippen molar-refractivity contribution in [3.8, 4) is 0 Å². The van der Waals surface area contributed by atoms with E-state index >= 15 is 0 Å². The van der Waals surface area contributed by atoms with Crippen LogP contribution in [0.4, 0.5) is 16.3 Å². The lowest BCUT2D eigenvalue weighted by molar-refractivity contribution is 0.247. The number of carbonyl (C=O) groups excluding carboxylic acids is 1. The SMILES string of the molecule is O=C(Nc1ccc(N2CCCC2)nc1)N[C@@H]1CCCc2ccccc21. The van der Waals surface area contributed by atoms with Crippen LogP contribution in [0.15, 0.2) is 42.6 Å². The highest BCUT2D eigenvalue weighted by molar-refractivity contribution is 5.89. The van der Waals surface area contributed by atoms with Crippen LogP contribution in [0.1, 0.15) is 42.9 Å². The van der Waals surface area contributed by atoms with Crippen molar-refractivity contribution in [2.45, 2.75) is 38.1 Å². The number of hydrogen-bond donors (Lipinski definition) is 2. The summed E-state index contributed by atoms with van der Waals surface area (Å²) < 4.78 is 0. The van der Waals surface area contributed by atoms with E-state index in [0.29, 0.717) is 0 Å². The summed E-state index contributed by atoms with van der Waals surface area (Å²) in [6.07, 6.45) is 7.38. The first-order chi connectivity index (χ1) is 12.3. The Morgan fingerprint density at radius 2 is 1.92 bits per heavy atom. The van der Waals surface area contributed by atoms with Gasteiger partial charge in [-0.3, -0.25) is 0 Å². The minimum Gasteiger partial charge on any atom is -0.357 e. The van der Waals surface area contributed by atoms with E-state index in [1.165, 1.54) is 24.0 Å². The largest absolute Gasteiger partial charge is 0.357 e. The molecule has 1 aromatic heterocycles. The van der Waals surface area contributed by atoms with Crippen molar-refractivity contribution in [1.82, 2.24) is 10.3 Å². The molecule has 1 aliphatic carbocycles. The highest BCUT2D eigenvalue weighted by atomic mass is 16.2. The first kappa shape index (κ1) is 15.9. The Morgan fingerprint density at radius 1 is 1.08 bits per heavy atom. The summed E-state index contributed by atoms with van der Waals surface area (Å²) in [5.41, 5.74) is 3.31. The molecular formula is C20H24N4O. The van der Waals surface area contributed by atoms with Gasteiger partial charge in [-0.1, -0.05) is 24.3 Å². The normalized spacial score (nSPS) is 19.4. The minimum atomic E-state index is -0.169. The molecule has 1 saturated heterocycles. The van der Waals surface area contributed by atoms with E-state index in [9.17, 15) is 4.79 Å². The number of carbonyl (C=O) groups is 1. The van der Waals surface area contributed by atoms with Crippen molar-refractivity contribution in [2.24, 2.45) is 0 Å². The smallest absolute Gasteiger partial charge is 0.319 e.